The Hall–Kier alpha value is -1.22. The summed E-state index contributed by atoms with van der Waals surface area (Å²) in [6.07, 6.45) is 0. The van der Waals surface area contributed by atoms with E-state index < -0.39 is 0 Å². The molecule has 1 atom stereocenters. The first-order chi connectivity index (χ1) is 9.10. The van der Waals surface area contributed by atoms with Gasteiger partial charge in [0.15, 0.2) is 0 Å². The minimum absolute atomic E-state index is 0.0464. The maximum atomic E-state index is 9.53. The van der Waals surface area contributed by atoms with Crippen LogP contribution in [0.5, 0.6) is 0 Å². The molecule has 0 aliphatic rings. The number of halogens is 2. The summed E-state index contributed by atoms with van der Waals surface area (Å²) in [5.74, 6) is 0. The van der Waals surface area contributed by atoms with E-state index in [1.165, 1.54) is 5.56 Å². The fourth-order valence-corrected chi connectivity index (χ4v) is 2.40. The summed E-state index contributed by atoms with van der Waals surface area (Å²) in [5, 5.41) is 13.9. The third-order valence-electron chi connectivity index (χ3n) is 2.91. The van der Waals surface area contributed by atoms with E-state index in [2.05, 4.69) is 5.32 Å². The van der Waals surface area contributed by atoms with E-state index in [0.29, 0.717) is 10.0 Å². The maximum Gasteiger partial charge on any atom is 0.0759 e. The summed E-state index contributed by atoms with van der Waals surface area (Å²) >= 11 is 12.0. The molecule has 19 heavy (non-hydrogen) atoms. The van der Waals surface area contributed by atoms with Crippen LogP contribution in [0.2, 0.25) is 10.0 Å². The Morgan fingerprint density at radius 3 is 2.37 bits per heavy atom. The largest absolute Gasteiger partial charge is 0.394 e. The molecule has 100 valence electrons. The number of aliphatic hydroxyl groups is 1. The lowest BCUT2D eigenvalue weighted by atomic mass is 10.1. The summed E-state index contributed by atoms with van der Waals surface area (Å²) in [6, 6.07) is 13.0. The summed E-state index contributed by atoms with van der Waals surface area (Å²) in [7, 11) is 0. The van der Waals surface area contributed by atoms with E-state index in [-0.39, 0.29) is 12.6 Å². The molecule has 0 unspecified atom stereocenters. The van der Waals surface area contributed by atoms with Crippen LogP contribution in [-0.2, 0) is 0 Å². The van der Waals surface area contributed by atoms with Gasteiger partial charge in [-0.15, -0.1) is 0 Å². The number of aliphatic hydroxyl groups excluding tert-OH is 1. The van der Waals surface area contributed by atoms with E-state index in [1.54, 1.807) is 12.1 Å². The number of aryl methyl sites for hydroxylation is 1. The van der Waals surface area contributed by atoms with Crippen LogP contribution in [0.1, 0.15) is 17.2 Å². The molecule has 0 aliphatic carbocycles. The van der Waals surface area contributed by atoms with Gasteiger partial charge in [-0.25, -0.2) is 0 Å². The van der Waals surface area contributed by atoms with Crippen molar-refractivity contribution in [2.24, 2.45) is 0 Å². The van der Waals surface area contributed by atoms with Crippen molar-refractivity contribution in [3.05, 3.63) is 63.6 Å². The Balaban J connectivity index is 2.22. The zero-order valence-corrected chi connectivity index (χ0v) is 12.0. The summed E-state index contributed by atoms with van der Waals surface area (Å²) in [6.45, 7) is 1.98. The molecule has 0 heterocycles. The van der Waals surface area contributed by atoms with Crippen LogP contribution in [0.4, 0.5) is 5.69 Å². The average Bonchev–Trinajstić information content (AvgIpc) is 2.39. The highest BCUT2D eigenvalue weighted by Gasteiger charge is 2.14. The standard InChI is InChI=1S/C15H15Cl2NO/c1-10-2-5-12(6-3-10)18-15(9-19)13-7-4-11(16)8-14(13)17/h2-8,15,18-19H,9H2,1H3/t15-/m1/s1. The van der Waals surface area contributed by atoms with Gasteiger partial charge < -0.3 is 10.4 Å². The van der Waals surface area contributed by atoms with Gasteiger partial charge in [0.2, 0.25) is 0 Å². The molecular formula is C15H15Cl2NO. The second kappa shape index (κ2) is 6.29. The molecular weight excluding hydrogens is 281 g/mol. The van der Waals surface area contributed by atoms with Crippen molar-refractivity contribution >= 4 is 28.9 Å². The molecule has 2 aromatic rings. The van der Waals surface area contributed by atoms with Gasteiger partial charge in [0.1, 0.15) is 0 Å². The van der Waals surface area contributed by atoms with Crippen molar-refractivity contribution in [3.63, 3.8) is 0 Å². The lowest BCUT2D eigenvalue weighted by Gasteiger charge is -2.19. The molecule has 0 saturated heterocycles. The Kier molecular flexibility index (Phi) is 4.70. The summed E-state index contributed by atoms with van der Waals surface area (Å²) in [5.41, 5.74) is 2.96. The highest BCUT2D eigenvalue weighted by Crippen LogP contribution is 2.28. The molecule has 0 aliphatic heterocycles. The Morgan fingerprint density at radius 1 is 1.11 bits per heavy atom. The SMILES string of the molecule is Cc1ccc(N[C@H](CO)c2ccc(Cl)cc2Cl)cc1. The van der Waals surface area contributed by atoms with Crippen molar-refractivity contribution < 1.29 is 5.11 Å². The van der Waals surface area contributed by atoms with Crippen LogP contribution in [0.3, 0.4) is 0 Å². The normalized spacial score (nSPS) is 12.2. The van der Waals surface area contributed by atoms with Crippen molar-refractivity contribution in [3.8, 4) is 0 Å². The maximum absolute atomic E-state index is 9.53. The van der Waals surface area contributed by atoms with Gasteiger partial charge in [-0.2, -0.15) is 0 Å². The van der Waals surface area contributed by atoms with Gasteiger partial charge in [0.05, 0.1) is 12.6 Å². The van der Waals surface area contributed by atoms with Gasteiger partial charge in [-0.1, -0.05) is 47.0 Å². The molecule has 2 aromatic carbocycles. The van der Waals surface area contributed by atoms with E-state index in [1.807, 2.05) is 37.3 Å². The van der Waals surface area contributed by atoms with Crippen molar-refractivity contribution in [2.45, 2.75) is 13.0 Å². The number of nitrogens with one attached hydrogen (secondary N) is 1. The number of rotatable bonds is 4. The van der Waals surface area contributed by atoms with E-state index in [9.17, 15) is 5.11 Å². The molecule has 0 spiro atoms. The average molecular weight is 296 g/mol. The predicted molar refractivity (Wildman–Crippen MR) is 81.1 cm³/mol. The molecule has 0 saturated carbocycles. The molecule has 0 radical (unpaired) electrons. The smallest absolute Gasteiger partial charge is 0.0759 e. The predicted octanol–water partition coefficient (Wildman–Crippen LogP) is 4.45. The van der Waals surface area contributed by atoms with Crippen molar-refractivity contribution in [2.75, 3.05) is 11.9 Å². The van der Waals surface area contributed by atoms with Crippen LogP contribution in [-0.4, -0.2) is 11.7 Å². The second-order valence-electron chi connectivity index (χ2n) is 4.41. The third kappa shape index (κ3) is 3.63. The van der Waals surface area contributed by atoms with Gasteiger partial charge in [-0.05, 0) is 36.8 Å². The van der Waals surface area contributed by atoms with E-state index in [0.717, 1.165) is 11.3 Å². The zero-order chi connectivity index (χ0) is 13.8. The lowest BCUT2D eigenvalue weighted by Crippen LogP contribution is -2.15. The first-order valence-electron chi connectivity index (χ1n) is 5.99. The highest BCUT2D eigenvalue weighted by molar-refractivity contribution is 6.35. The third-order valence-corrected chi connectivity index (χ3v) is 3.48. The molecule has 0 fully saturated rings. The highest BCUT2D eigenvalue weighted by atomic mass is 35.5. The van der Waals surface area contributed by atoms with Crippen molar-refractivity contribution in [1.82, 2.24) is 0 Å². The Morgan fingerprint density at radius 2 is 1.79 bits per heavy atom. The molecule has 2 nitrogen and oxygen atoms in total. The lowest BCUT2D eigenvalue weighted by molar-refractivity contribution is 0.276. The van der Waals surface area contributed by atoms with E-state index >= 15 is 0 Å². The van der Waals surface area contributed by atoms with Crippen LogP contribution >= 0.6 is 23.2 Å². The molecule has 2 rings (SSSR count). The fraction of sp³-hybridized carbons (Fsp3) is 0.200. The van der Waals surface area contributed by atoms with Gasteiger partial charge in [-0.3, -0.25) is 0 Å². The minimum atomic E-state index is -0.257. The quantitative estimate of drug-likeness (QED) is 0.873. The van der Waals surface area contributed by atoms with Crippen LogP contribution < -0.4 is 5.32 Å². The summed E-state index contributed by atoms with van der Waals surface area (Å²) < 4.78 is 0. The molecule has 2 N–H and O–H groups in total. The first-order valence-corrected chi connectivity index (χ1v) is 6.75. The molecule has 0 amide bonds. The van der Waals surface area contributed by atoms with Crippen molar-refractivity contribution in [1.29, 1.82) is 0 Å². The topological polar surface area (TPSA) is 32.3 Å². The molecule has 0 aromatic heterocycles. The van der Waals surface area contributed by atoms with Gasteiger partial charge >= 0.3 is 0 Å². The Labute approximate surface area is 123 Å². The second-order valence-corrected chi connectivity index (χ2v) is 5.25. The molecule has 0 bridgehead atoms. The van der Waals surface area contributed by atoms with Crippen LogP contribution in [0.25, 0.3) is 0 Å². The van der Waals surface area contributed by atoms with Gasteiger partial charge in [0.25, 0.3) is 0 Å². The zero-order valence-electron chi connectivity index (χ0n) is 10.5. The number of anilines is 1. The van der Waals surface area contributed by atoms with Crippen LogP contribution in [0.15, 0.2) is 42.5 Å². The molecule has 4 heteroatoms. The summed E-state index contributed by atoms with van der Waals surface area (Å²) in [4.78, 5) is 0. The number of hydrogen-bond donors (Lipinski definition) is 2. The Bertz CT molecular complexity index is 555. The monoisotopic (exact) mass is 295 g/mol. The fourth-order valence-electron chi connectivity index (χ4n) is 1.86. The minimum Gasteiger partial charge on any atom is -0.394 e. The number of hydrogen-bond acceptors (Lipinski definition) is 2. The van der Waals surface area contributed by atoms with Gasteiger partial charge in [0, 0.05) is 15.7 Å². The number of benzene rings is 2. The van der Waals surface area contributed by atoms with Crippen LogP contribution in [0, 0.1) is 6.92 Å². The first kappa shape index (κ1) is 14.2. The van der Waals surface area contributed by atoms with E-state index in [4.69, 9.17) is 23.2 Å².